The molecule has 0 bridgehead atoms. The molecule has 0 fully saturated rings. The van der Waals surface area contributed by atoms with Crippen molar-refractivity contribution in [1.82, 2.24) is 9.03 Å². The van der Waals surface area contributed by atoms with Crippen molar-refractivity contribution in [3.63, 3.8) is 0 Å². The van der Waals surface area contributed by atoms with Crippen LogP contribution < -0.4 is 4.72 Å². The van der Waals surface area contributed by atoms with E-state index in [4.69, 9.17) is 5.11 Å². The van der Waals surface area contributed by atoms with E-state index in [1.165, 1.54) is 7.05 Å². The number of carbonyl (C=O) groups is 1. The van der Waals surface area contributed by atoms with E-state index in [-0.39, 0.29) is 19.0 Å². The largest absolute Gasteiger partial charge is 0.481 e. The zero-order chi connectivity index (χ0) is 15.3. The Hall–Kier alpha value is -1.44. The molecule has 1 rings (SSSR count). The van der Waals surface area contributed by atoms with Crippen molar-refractivity contribution in [2.75, 3.05) is 13.6 Å². The first kappa shape index (κ1) is 16.6. The van der Waals surface area contributed by atoms with E-state index in [0.717, 1.165) is 15.4 Å². The average Bonchev–Trinajstić information content (AvgIpc) is 2.35. The predicted octanol–water partition coefficient (Wildman–Crippen LogP) is 1.30. The highest BCUT2D eigenvalue weighted by Gasteiger charge is 2.21. The van der Waals surface area contributed by atoms with Crippen LogP contribution in [0.2, 0.25) is 0 Å². The molecule has 0 heterocycles. The van der Waals surface area contributed by atoms with Crippen LogP contribution in [-0.4, -0.2) is 37.4 Å². The molecule has 0 saturated carbocycles. The van der Waals surface area contributed by atoms with Gasteiger partial charge >= 0.3 is 5.97 Å². The van der Waals surface area contributed by atoms with Crippen molar-refractivity contribution < 1.29 is 18.3 Å². The molecular formula is C13H20N2O4S. The molecule has 0 saturated heterocycles. The molecule has 1 aromatic carbocycles. The third kappa shape index (κ3) is 4.92. The Labute approximate surface area is 119 Å². The van der Waals surface area contributed by atoms with E-state index in [9.17, 15) is 13.2 Å². The Bertz CT molecular complexity index is 554. The summed E-state index contributed by atoms with van der Waals surface area (Å²) in [6.45, 7) is 3.64. The molecule has 0 unspecified atom stereocenters. The molecular weight excluding hydrogens is 280 g/mol. The summed E-state index contributed by atoms with van der Waals surface area (Å²) in [6.07, 6.45) is -0.226. The fourth-order valence-electron chi connectivity index (χ4n) is 1.61. The fraction of sp³-hybridized carbons (Fsp3) is 0.462. The molecule has 0 aliphatic carbocycles. The van der Waals surface area contributed by atoms with E-state index in [2.05, 4.69) is 4.72 Å². The number of carboxylic acids is 1. The Morgan fingerprint density at radius 1 is 1.35 bits per heavy atom. The highest BCUT2D eigenvalue weighted by molar-refractivity contribution is 7.87. The van der Waals surface area contributed by atoms with E-state index in [1.807, 2.05) is 31.2 Å². The van der Waals surface area contributed by atoms with Gasteiger partial charge in [-0.1, -0.05) is 29.8 Å². The summed E-state index contributed by atoms with van der Waals surface area (Å²) in [5.74, 6) is -1.03. The third-order valence-corrected chi connectivity index (χ3v) is 4.61. The first-order valence-electron chi connectivity index (χ1n) is 6.24. The van der Waals surface area contributed by atoms with Gasteiger partial charge in [0.05, 0.1) is 6.42 Å². The van der Waals surface area contributed by atoms with Gasteiger partial charge in [0.25, 0.3) is 10.2 Å². The Morgan fingerprint density at radius 2 is 1.90 bits per heavy atom. The quantitative estimate of drug-likeness (QED) is 0.794. The minimum atomic E-state index is -3.69. The average molecular weight is 300 g/mol. The molecule has 0 aromatic heterocycles. The maximum absolute atomic E-state index is 12.0. The Kier molecular flexibility index (Phi) is 5.67. The number of hydrogen-bond donors (Lipinski definition) is 2. The molecule has 0 aliphatic rings. The van der Waals surface area contributed by atoms with E-state index in [0.29, 0.717) is 0 Å². The topological polar surface area (TPSA) is 86.7 Å². The molecule has 0 spiro atoms. The van der Waals surface area contributed by atoms with Gasteiger partial charge in [-0.25, -0.2) is 0 Å². The lowest BCUT2D eigenvalue weighted by Crippen LogP contribution is -2.40. The number of aryl methyl sites for hydroxylation is 1. The molecule has 0 aliphatic heterocycles. The van der Waals surface area contributed by atoms with Crippen LogP contribution in [0.25, 0.3) is 0 Å². The number of nitrogens with zero attached hydrogens (tertiary/aromatic N) is 1. The van der Waals surface area contributed by atoms with Crippen LogP contribution in [0, 0.1) is 6.92 Å². The summed E-state index contributed by atoms with van der Waals surface area (Å²) < 4.78 is 27.6. The number of hydrogen-bond acceptors (Lipinski definition) is 3. The molecule has 2 N–H and O–H groups in total. The molecule has 1 aromatic rings. The molecule has 7 heteroatoms. The van der Waals surface area contributed by atoms with Crippen molar-refractivity contribution in [1.29, 1.82) is 0 Å². The monoisotopic (exact) mass is 300 g/mol. The molecule has 20 heavy (non-hydrogen) atoms. The fourth-order valence-corrected chi connectivity index (χ4v) is 2.70. The number of carboxylic acid groups (broad SMARTS) is 1. The summed E-state index contributed by atoms with van der Waals surface area (Å²) in [4.78, 5) is 10.5. The molecule has 0 radical (unpaired) electrons. The van der Waals surface area contributed by atoms with Gasteiger partial charge in [-0.05, 0) is 19.4 Å². The van der Waals surface area contributed by atoms with Crippen LogP contribution >= 0.6 is 0 Å². The summed E-state index contributed by atoms with van der Waals surface area (Å²) >= 11 is 0. The van der Waals surface area contributed by atoms with Crippen LogP contribution in [0.15, 0.2) is 24.3 Å². The molecule has 0 amide bonds. The van der Waals surface area contributed by atoms with Gasteiger partial charge < -0.3 is 5.11 Å². The van der Waals surface area contributed by atoms with Crippen LogP contribution in [0.4, 0.5) is 0 Å². The number of nitrogens with one attached hydrogen (secondary N) is 1. The van der Waals surface area contributed by atoms with Crippen LogP contribution in [-0.2, 0) is 15.0 Å². The number of benzene rings is 1. The van der Waals surface area contributed by atoms with Crippen molar-refractivity contribution in [2.45, 2.75) is 26.3 Å². The van der Waals surface area contributed by atoms with E-state index < -0.39 is 16.2 Å². The Morgan fingerprint density at radius 3 is 2.40 bits per heavy atom. The smallest absolute Gasteiger partial charge is 0.304 e. The lowest BCUT2D eigenvalue weighted by atomic mass is 10.1. The summed E-state index contributed by atoms with van der Waals surface area (Å²) in [7, 11) is -2.34. The van der Waals surface area contributed by atoms with Gasteiger partial charge in [-0.15, -0.1) is 0 Å². The van der Waals surface area contributed by atoms with Gasteiger partial charge in [0.15, 0.2) is 0 Å². The summed E-state index contributed by atoms with van der Waals surface area (Å²) in [6, 6.07) is 7.16. The predicted molar refractivity (Wildman–Crippen MR) is 76.5 cm³/mol. The first-order chi connectivity index (χ1) is 9.22. The Balaban J connectivity index is 2.69. The van der Waals surface area contributed by atoms with Crippen LogP contribution in [0.3, 0.4) is 0 Å². The van der Waals surface area contributed by atoms with Crippen LogP contribution in [0.5, 0.6) is 0 Å². The first-order valence-corrected chi connectivity index (χ1v) is 7.68. The van der Waals surface area contributed by atoms with Crippen molar-refractivity contribution in [3.05, 3.63) is 35.4 Å². The standard InChI is InChI=1S/C13H20N2O4S/c1-10-4-6-12(7-5-10)11(2)14-20(18,19)15(3)9-8-13(16)17/h4-7,11,14H,8-9H2,1-3H3,(H,16,17)/t11-/m1/s1. The normalized spacial score (nSPS) is 13.4. The van der Waals surface area contributed by atoms with Crippen LogP contribution in [0.1, 0.15) is 30.5 Å². The van der Waals surface area contributed by atoms with Gasteiger partial charge in [0.1, 0.15) is 0 Å². The maximum Gasteiger partial charge on any atom is 0.304 e. The minimum Gasteiger partial charge on any atom is -0.481 e. The van der Waals surface area contributed by atoms with Gasteiger partial charge in [0, 0.05) is 19.6 Å². The second kappa shape index (κ2) is 6.83. The highest BCUT2D eigenvalue weighted by Crippen LogP contribution is 2.14. The maximum atomic E-state index is 12.0. The summed E-state index contributed by atoms with van der Waals surface area (Å²) in [5.41, 5.74) is 1.95. The summed E-state index contributed by atoms with van der Waals surface area (Å²) in [5, 5.41) is 8.57. The molecule has 6 nitrogen and oxygen atoms in total. The zero-order valence-corrected chi connectivity index (χ0v) is 12.6. The molecule has 1 atom stereocenters. The van der Waals surface area contributed by atoms with Gasteiger partial charge in [-0.3, -0.25) is 4.79 Å². The van der Waals surface area contributed by atoms with Crippen molar-refractivity contribution >= 4 is 16.2 Å². The molecule has 112 valence electrons. The zero-order valence-electron chi connectivity index (χ0n) is 11.8. The number of aliphatic carboxylic acids is 1. The third-order valence-electron chi connectivity index (χ3n) is 2.95. The second-order valence-electron chi connectivity index (χ2n) is 4.72. The lowest BCUT2D eigenvalue weighted by Gasteiger charge is -2.21. The lowest BCUT2D eigenvalue weighted by molar-refractivity contribution is -0.137. The van der Waals surface area contributed by atoms with E-state index in [1.54, 1.807) is 6.92 Å². The number of rotatable bonds is 7. The van der Waals surface area contributed by atoms with Crippen molar-refractivity contribution in [2.24, 2.45) is 0 Å². The SMILES string of the molecule is Cc1ccc([C@@H](C)NS(=O)(=O)N(C)CCC(=O)O)cc1. The van der Waals surface area contributed by atoms with E-state index >= 15 is 0 Å². The van der Waals surface area contributed by atoms with Crippen molar-refractivity contribution in [3.8, 4) is 0 Å². The van der Waals surface area contributed by atoms with Gasteiger partial charge in [0.2, 0.25) is 0 Å². The highest BCUT2D eigenvalue weighted by atomic mass is 32.2. The van der Waals surface area contributed by atoms with Gasteiger partial charge in [-0.2, -0.15) is 17.4 Å². The minimum absolute atomic E-state index is 0.0642. The second-order valence-corrected chi connectivity index (χ2v) is 6.53.